The Hall–Kier alpha value is -2.23. The number of carbonyl (C=O) groups excluding carboxylic acids is 1. The minimum Gasteiger partial charge on any atom is -0.507 e. The third kappa shape index (κ3) is 5.24. The Morgan fingerprint density at radius 1 is 1.17 bits per heavy atom. The summed E-state index contributed by atoms with van der Waals surface area (Å²) in [5, 5.41) is 11.8. The van der Waals surface area contributed by atoms with E-state index in [0.717, 1.165) is 74.7 Å². The fraction of sp³-hybridized carbons (Fsp3) is 0.656. The number of rotatable bonds is 7. The number of allylic oxidation sites excluding steroid dienone is 4. The topological polar surface area (TPSA) is 55.8 Å². The van der Waals surface area contributed by atoms with Gasteiger partial charge in [0, 0.05) is 23.3 Å². The number of benzene rings is 1. The zero-order valence-electron chi connectivity index (χ0n) is 23.5. The standard InChI is InChI=1S/C32H46O4/c1-8-9-10-11-22-19-26-28(24-18-21(3)14-17-25(24)32(6,7)35-26)29(33)27(22)30(34)36-31(4,5)23-15-12-20(2)13-16-23/h12,18-19,23-25,33H,8-11,13-17H2,1-7H3/t23?,24-,25-/m1/s1. The molecule has 1 aromatic carbocycles. The van der Waals surface area contributed by atoms with Gasteiger partial charge in [-0.15, -0.1) is 0 Å². The molecule has 0 bridgehead atoms. The molecular weight excluding hydrogens is 448 g/mol. The number of phenols is 1. The maximum atomic E-state index is 13.8. The van der Waals surface area contributed by atoms with Gasteiger partial charge in [-0.1, -0.05) is 43.1 Å². The number of carbonyl (C=O) groups is 1. The number of hydrogen-bond acceptors (Lipinski definition) is 4. The Morgan fingerprint density at radius 3 is 2.56 bits per heavy atom. The second-order valence-corrected chi connectivity index (χ2v) is 12.5. The average molecular weight is 495 g/mol. The number of unbranched alkanes of at least 4 members (excludes halogenated alkanes) is 2. The van der Waals surface area contributed by atoms with Gasteiger partial charge in [0.15, 0.2) is 0 Å². The molecule has 2 aliphatic carbocycles. The van der Waals surface area contributed by atoms with Gasteiger partial charge in [-0.05, 0) is 98.1 Å². The van der Waals surface area contributed by atoms with E-state index < -0.39 is 11.6 Å². The van der Waals surface area contributed by atoms with Gasteiger partial charge in [0.2, 0.25) is 0 Å². The van der Waals surface area contributed by atoms with Crippen molar-refractivity contribution in [1.82, 2.24) is 0 Å². The van der Waals surface area contributed by atoms with Crippen LogP contribution in [0.15, 0.2) is 29.4 Å². The average Bonchev–Trinajstić information content (AvgIpc) is 2.78. The Labute approximate surface area is 218 Å². The quantitative estimate of drug-likeness (QED) is 0.235. The van der Waals surface area contributed by atoms with Crippen molar-refractivity contribution in [2.75, 3.05) is 0 Å². The lowest BCUT2D eigenvalue weighted by Crippen LogP contribution is -2.45. The van der Waals surface area contributed by atoms with E-state index in [0.29, 0.717) is 5.56 Å². The number of aromatic hydroxyl groups is 1. The molecule has 0 saturated heterocycles. The van der Waals surface area contributed by atoms with E-state index in [1.807, 2.05) is 19.9 Å². The molecule has 0 spiro atoms. The van der Waals surface area contributed by atoms with Gasteiger partial charge < -0.3 is 14.6 Å². The summed E-state index contributed by atoms with van der Waals surface area (Å²) in [7, 11) is 0. The normalized spacial score (nSPS) is 25.1. The van der Waals surface area contributed by atoms with E-state index in [1.165, 1.54) is 11.1 Å². The van der Waals surface area contributed by atoms with Crippen LogP contribution >= 0.6 is 0 Å². The first-order valence-corrected chi connectivity index (χ1v) is 14.1. The molecular formula is C32H46O4. The van der Waals surface area contributed by atoms with Crippen molar-refractivity contribution in [1.29, 1.82) is 0 Å². The van der Waals surface area contributed by atoms with Gasteiger partial charge in [-0.2, -0.15) is 0 Å². The van der Waals surface area contributed by atoms with Crippen LogP contribution in [-0.2, 0) is 11.2 Å². The van der Waals surface area contributed by atoms with E-state index in [9.17, 15) is 9.90 Å². The van der Waals surface area contributed by atoms with E-state index in [2.05, 4.69) is 46.8 Å². The number of ether oxygens (including phenoxy) is 2. The molecule has 0 fully saturated rings. The van der Waals surface area contributed by atoms with Crippen LogP contribution in [0.5, 0.6) is 11.5 Å². The Kier molecular flexibility index (Phi) is 7.65. The van der Waals surface area contributed by atoms with Gasteiger partial charge in [-0.25, -0.2) is 4.79 Å². The molecule has 1 heterocycles. The lowest BCUT2D eigenvalue weighted by atomic mass is 9.67. The van der Waals surface area contributed by atoms with Crippen molar-refractivity contribution < 1.29 is 19.4 Å². The zero-order valence-corrected chi connectivity index (χ0v) is 23.5. The Morgan fingerprint density at radius 2 is 1.89 bits per heavy atom. The number of phenolic OH excluding ortho intramolecular Hbond substituents is 1. The van der Waals surface area contributed by atoms with Crippen LogP contribution in [-0.4, -0.2) is 22.3 Å². The summed E-state index contributed by atoms with van der Waals surface area (Å²) in [6.07, 6.45) is 13.4. The Bertz CT molecular complexity index is 1060. The zero-order chi connectivity index (χ0) is 26.3. The summed E-state index contributed by atoms with van der Waals surface area (Å²) in [5.41, 5.74) is 3.74. The molecule has 1 aromatic rings. The van der Waals surface area contributed by atoms with Gasteiger partial charge in [-0.3, -0.25) is 0 Å². The second-order valence-electron chi connectivity index (χ2n) is 12.5. The first kappa shape index (κ1) is 26.8. The van der Waals surface area contributed by atoms with Gasteiger partial charge in [0.1, 0.15) is 28.3 Å². The monoisotopic (exact) mass is 494 g/mol. The summed E-state index contributed by atoms with van der Waals surface area (Å²) in [4.78, 5) is 13.8. The lowest BCUT2D eigenvalue weighted by molar-refractivity contribution is -0.0326. The van der Waals surface area contributed by atoms with Crippen LogP contribution in [0, 0.1) is 11.8 Å². The number of aryl methyl sites for hydroxylation is 1. The van der Waals surface area contributed by atoms with E-state index in [4.69, 9.17) is 9.47 Å². The third-order valence-corrected chi connectivity index (χ3v) is 8.96. The van der Waals surface area contributed by atoms with Crippen LogP contribution < -0.4 is 4.74 Å². The molecule has 4 nitrogen and oxygen atoms in total. The van der Waals surface area contributed by atoms with Gasteiger partial charge >= 0.3 is 5.97 Å². The molecule has 198 valence electrons. The number of esters is 1. The highest BCUT2D eigenvalue weighted by atomic mass is 16.6. The molecule has 1 aliphatic heterocycles. The highest BCUT2D eigenvalue weighted by molar-refractivity contribution is 5.95. The fourth-order valence-electron chi connectivity index (χ4n) is 6.57. The summed E-state index contributed by atoms with van der Waals surface area (Å²) >= 11 is 0. The number of hydrogen-bond donors (Lipinski definition) is 1. The summed E-state index contributed by atoms with van der Waals surface area (Å²) in [6.45, 7) is 14.8. The molecule has 0 radical (unpaired) electrons. The van der Waals surface area contributed by atoms with Crippen molar-refractivity contribution in [2.45, 2.75) is 123 Å². The van der Waals surface area contributed by atoms with Crippen LogP contribution in [0.3, 0.4) is 0 Å². The molecule has 3 atom stereocenters. The van der Waals surface area contributed by atoms with Crippen molar-refractivity contribution >= 4 is 5.97 Å². The minimum absolute atomic E-state index is 0.0354. The number of fused-ring (bicyclic) bond motifs is 3. The molecule has 0 saturated carbocycles. The molecule has 36 heavy (non-hydrogen) atoms. The molecule has 0 amide bonds. The van der Waals surface area contributed by atoms with Gasteiger partial charge in [0.25, 0.3) is 0 Å². The molecule has 4 rings (SSSR count). The van der Waals surface area contributed by atoms with E-state index in [-0.39, 0.29) is 29.1 Å². The van der Waals surface area contributed by atoms with E-state index in [1.54, 1.807) is 0 Å². The highest BCUT2D eigenvalue weighted by Gasteiger charge is 2.46. The lowest BCUT2D eigenvalue weighted by Gasteiger charge is -2.46. The molecule has 0 aromatic heterocycles. The predicted octanol–water partition coefficient (Wildman–Crippen LogP) is 8.42. The van der Waals surface area contributed by atoms with Gasteiger partial charge in [0.05, 0.1) is 0 Å². The van der Waals surface area contributed by atoms with Crippen LogP contribution in [0.2, 0.25) is 0 Å². The van der Waals surface area contributed by atoms with Crippen LogP contribution in [0.4, 0.5) is 0 Å². The summed E-state index contributed by atoms with van der Waals surface area (Å²) in [5.74, 6) is 0.939. The molecule has 1 N–H and O–H groups in total. The second kappa shape index (κ2) is 10.3. The smallest absolute Gasteiger partial charge is 0.342 e. The molecule has 4 heteroatoms. The SMILES string of the molecule is CCCCCc1cc2c(c(O)c1C(=O)OC(C)(C)C1CC=C(C)CC1)[C@@H]1C=C(C)CC[C@H]1C(C)(C)O2. The maximum absolute atomic E-state index is 13.8. The van der Waals surface area contributed by atoms with Crippen molar-refractivity contribution in [2.24, 2.45) is 11.8 Å². The fourth-order valence-corrected chi connectivity index (χ4v) is 6.57. The minimum atomic E-state index is -0.611. The third-order valence-electron chi connectivity index (χ3n) is 8.96. The predicted molar refractivity (Wildman–Crippen MR) is 146 cm³/mol. The van der Waals surface area contributed by atoms with Crippen LogP contribution in [0.25, 0.3) is 0 Å². The van der Waals surface area contributed by atoms with E-state index >= 15 is 0 Å². The summed E-state index contributed by atoms with van der Waals surface area (Å²) < 4.78 is 12.8. The highest BCUT2D eigenvalue weighted by Crippen LogP contribution is 2.54. The molecule has 1 unspecified atom stereocenters. The first-order chi connectivity index (χ1) is 16.9. The maximum Gasteiger partial charge on any atom is 0.342 e. The Balaban J connectivity index is 1.75. The first-order valence-electron chi connectivity index (χ1n) is 14.1. The van der Waals surface area contributed by atoms with Crippen molar-refractivity contribution in [3.8, 4) is 11.5 Å². The van der Waals surface area contributed by atoms with Crippen LogP contribution in [0.1, 0.15) is 127 Å². The summed E-state index contributed by atoms with van der Waals surface area (Å²) in [6, 6.07) is 2.02. The molecule has 3 aliphatic rings. The van der Waals surface area contributed by atoms with Crippen molar-refractivity contribution in [3.63, 3.8) is 0 Å². The van der Waals surface area contributed by atoms with Crippen molar-refractivity contribution in [3.05, 3.63) is 46.1 Å². The largest absolute Gasteiger partial charge is 0.507 e.